The Bertz CT molecular complexity index is 583. The SMILES string of the molecule is CC(=O)N1CCN(C(=O)CC(=O)Nc2cccc(Cl)c2)CC1. The second-order valence-corrected chi connectivity index (χ2v) is 5.56. The number of nitrogens with zero attached hydrogens (tertiary/aromatic N) is 2. The predicted octanol–water partition coefficient (Wildman–Crippen LogP) is 1.36. The summed E-state index contributed by atoms with van der Waals surface area (Å²) in [4.78, 5) is 38.5. The number of benzene rings is 1. The maximum Gasteiger partial charge on any atom is 0.233 e. The van der Waals surface area contributed by atoms with Gasteiger partial charge in [0, 0.05) is 43.8 Å². The molecule has 0 aromatic heterocycles. The number of amides is 3. The molecular formula is C15H18ClN3O3. The van der Waals surface area contributed by atoms with E-state index < -0.39 is 0 Å². The third-order valence-electron chi connectivity index (χ3n) is 3.50. The number of rotatable bonds is 3. The lowest BCUT2D eigenvalue weighted by atomic mass is 10.2. The van der Waals surface area contributed by atoms with Crippen molar-refractivity contribution in [3.8, 4) is 0 Å². The summed E-state index contributed by atoms with van der Waals surface area (Å²) in [6, 6.07) is 6.76. The number of nitrogens with one attached hydrogen (secondary N) is 1. The molecule has 1 heterocycles. The number of carbonyl (C=O) groups is 3. The molecule has 7 heteroatoms. The van der Waals surface area contributed by atoms with Crippen LogP contribution in [0.15, 0.2) is 24.3 Å². The Balaban J connectivity index is 1.82. The molecule has 1 N–H and O–H groups in total. The highest BCUT2D eigenvalue weighted by Crippen LogP contribution is 2.15. The molecule has 3 amide bonds. The van der Waals surface area contributed by atoms with E-state index in [9.17, 15) is 14.4 Å². The average molecular weight is 324 g/mol. The van der Waals surface area contributed by atoms with Gasteiger partial charge in [0.1, 0.15) is 6.42 Å². The quantitative estimate of drug-likeness (QED) is 0.854. The van der Waals surface area contributed by atoms with Gasteiger partial charge in [0.25, 0.3) is 0 Å². The summed E-state index contributed by atoms with van der Waals surface area (Å²) in [5.74, 6) is -0.602. The van der Waals surface area contributed by atoms with E-state index in [2.05, 4.69) is 5.32 Å². The highest BCUT2D eigenvalue weighted by molar-refractivity contribution is 6.30. The molecule has 0 saturated carbocycles. The molecule has 0 unspecified atom stereocenters. The Labute approximate surface area is 134 Å². The minimum absolute atomic E-state index is 0.00537. The van der Waals surface area contributed by atoms with Gasteiger partial charge >= 0.3 is 0 Å². The van der Waals surface area contributed by atoms with Gasteiger partial charge in [-0.3, -0.25) is 14.4 Å². The molecule has 1 fully saturated rings. The predicted molar refractivity (Wildman–Crippen MR) is 83.5 cm³/mol. The number of halogens is 1. The summed E-state index contributed by atoms with van der Waals surface area (Å²) in [5, 5.41) is 3.16. The van der Waals surface area contributed by atoms with Crippen LogP contribution in [0.3, 0.4) is 0 Å². The zero-order valence-corrected chi connectivity index (χ0v) is 13.1. The first-order valence-corrected chi connectivity index (χ1v) is 7.42. The zero-order valence-electron chi connectivity index (χ0n) is 12.3. The first-order valence-electron chi connectivity index (χ1n) is 7.04. The molecule has 1 aliphatic rings. The standard InChI is InChI=1S/C15H18ClN3O3/c1-11(20)18-5-7-19(8-6-18)15(22)10-14(21)17-13-4-2-3-12(16)9-13/h2-4,9H,5-8,10H2,1H3,(H,17,21). The topological polar surface area (TPSA) is 69.7 Å². The number of piperazine rings is 1. The first-order chi connectivity index (χ1) is 10.5. The van der Waals surface area contributed by atoms with E-state index in [1.165, 1.54) is 6.92 Å². The van der Waals surface area contributed by atoms with Crippen LogP contribution in [-0.2, 0) is 14.4 Å². The van der Waals surface area contributed by atoms with Gasteiger partial charge in [0.2, 0.25) is 17.7 Å². The van der Waals surface area contributed by atoms with Crippen LogP contribution in [0.1, 0.15) is 13.3 Å². The van der Waals surface area contributed by atoms with E-state index in [0.29, 0.717) is 36.9 Å². The molecule has 2 rings (SSSR count). The first kappa shape index (κ1) is 16.3. The molecule has 1 aromatic rings. The van der Waals surface area contributed by atoms with Crippen LogP contribution in [0.2, 0.25) is 5.02 Å². The fourth-order valence-electron chi connectivity index (χ4n) is 2.29. The van der Waals surface area contributed by atoms with Gasteiger partial charge in [-0.25, -0.2) is 0 Å². The van der Waals surface area contributed by atoms with Crippen molar-refractivity contribution in [3.63, 3.8) is 0 Å². The van der Waals surface area contributed by atoms with Crippen molar-refractivity contribution in [1.82, 2.24) is 9.80 Å². The summed E-state index contributed by atoms with van der Waals surface area (Å²) >= 11 is 5.84. The van der Waals surface area contributed by atoms with Crippen molar-refractivity contribution in [2.75, 3.05) is 31.5 Å². The van der Waals surface area contributed by atoms with Gasteiger partial charge in [-0.05, 0) is 18.2 Å². The van der Waals surface area contributed by atoms with E-state index in [1.807, 2.05) is 0 Å². The summed E-state index contributed by atoms with van der Waals surface area (Å²) < 4.78 is 0. The molecule has 0 aliphatic carbocycles. The number of hydrogen-bond acceptors (Lipinski definition) is 3. The van der Waals surface area contributed by atoms with Crippen LogP contribution >= 0.6 is 11.6 Å². The van der Waals surface area contributed by atoms with Crippen molar-refractivity contribution < 1.29 is 14.4 Å². The zero-order chi connectivity index (χ0) is 16.1. The fourth-order valence-corrected chi connectivity index (χ4v) is 2.48. The molecule has 22 heavy (non-hydrogen) atoms. The van der Waals surface area contributed by atoms with Crippen molar-refractivity contribution in [1.29, 1.82) is 0 Å². The van der Waals surface area contributed by atoms with Gasteiger partial charge in [0.05, 0.1) is 0 Å². The smallest absolute Gasteiger partial charge is 0.233 e. The molecule has 6 nitrogen and oxygen atoms in total. The molecule has 0 atom stereocenters. The lowest BCUT2D eigenvalue weighted by Crippen LogP contribution is -2.50. The Morgan fingerprint density at radius 1 is 1.14 bits per heavy atom. The third kappa shape index (κ3) is 4.46. The molecule has 0 spiro atoms. The lowest BCUT2D eigenvalue weighted by Gasteiger charge is -2.34. The minimum atomic E-state index is -0.374. The van der Waals surface area contributed by atoms with Crippen molar-refractivity contribution in [2.24, 2.45) is 0 Å². The maximum atomic E-state index is 12.1. The Hall–Kier alpha value is -2.08. The molecular weight excluding hydrogens is 306 g/mol. The van der Waals surface area contributed by atoms with Crippen LogP contribution in [-0.4, -0.2) is 53.7 Å². The van der Waals surface area contributed by atoms with Crippen molar-refractivity contribution in [2.45, 2.75) is 13.3 Å². The summed E-state index contributed by atoms with van der Waals surface area (Å²) in [5.41, 5.74) is 0.562. The van der Waals surface area contributed by atoms with Crippen LogP contribution < -0.4 is 5.32 Å². The summed E-state index contributed by atoms with van der Waals surface area (Å²) in [6.45, 7) is 3.45. The van der Waals surface area contributed by atoms with Crippen molar-refractivity contribution in [3.05, 3.63) is 29.3 Å². The highest BCUT2D eigenvalue weighted by atomic mass is 35.5. The molecule has 118 valence electrons. The number of carbonyl (C=O) groups excluding carboxylic acids is 3. The Morgan fingerprint density at radius 3 is 2.36 bits per heavy atom. The van der Waals surface area contributed by atoms with E-state index in [1.54, 1.807) is 34.1 Å². The molecule has 1 aliphatic heterocycles. The fraction of sp³-hybridized carbons (Fsp3) is 0.400. The maximum absolute atomic E-state index is 12.1. The van der Waals surface area contributed by atoms with Gasteiger partial charge in [0.15, 0.2) is 0 Å². The van der Waals surface area contributed by atoms with Gasteiger partial charge in [-0.1, -0.05) is 17.7 Å². The van der Waals surface area contributed by atoms with Crippen molar-refractivity contribution >= 4 is 35.0 Å². The molecule has 1 saturated heterocycles. The second-order valence-electron chi connectivity index (χ2n) is 5.12. The number of hydrogen-bond donors (Lipinski definition) is 1. The summed E-state index contributed by atoms with van der Waals surface area (Å²) in [7, 11) is 0. The third-order valence-corrected chi connectivity index (χ3v) is 3.73. The van der Waals surface area contributed by atoms with Gasteiger partial charge < -0.3 is 15.1 Å². The minimum Gasteiger partial charge on any atom is -0.339 e. The van der Waals surface area contributed by atoms with E-state index >= 15 is 0 Å². The normalized spacial score (nSPS) is 14.6. The van der Waals surface area contributed by atoms with Gasteiger partial charge in [-0.15, -0.1) is 0 Å². The monoisotopic (exact) mass is 323 g/mol. The highest BCUT2D eigenvalue weighted by Gasteiger charge is 2.23. The molecule has 0 radical (unpaired) electrons. The van der Waals surface area contributed by atoms with Crippen LogP contribution in [0.25, 0.3) is 0 Å². The van der Waals surface area contributed by atoms with Crippen LogP contribution in [0, 0.1) is 0 Å². The molecule has 0 bridgehead atoms. The van der Waals surface area contributed by atoms with E-state index in [0.717, 1.165) is 0 Å². The Kier molecular flexibility index (Phi) is 5.38. The molecule has 1 aromatic carbocycles. The van der Waals surface area contributed by atoms with E-state index in [-0.39, 0.29) is 24.1 Å². The Morgan fingerprint density at radius 2 is 1.77 bits per heavy atom. The average Bonchev–Trinajstić information content (AvgIpc) is 2.47. The second kappa shape index (κ2) is 7.26. The van der Waals surface area contributed by atoms with Gasteiger partial charge in [-0.2, -0.15) is 0 Å². The lowest BCUT2D eigenvalue weighted by molar-refractivity contribution is -0.140. The largest absolute Gasteiger partial charge is 0.339 e. The number of anilines is 1. The van der Waals surface area contributed by atoms with Crippen LogP contribution in [0.5, 0.6) is 0 Å². The van der Waals surface area contributed by atoms with Crippen LogP contribution in [0.4, 0.5) is 5.69 Å². The summed E-state index contributed by atoms with van der Waals surface area (Å²) in [6.07, 6.45) is -0.216. The van der Waals surface area contributed by atoms with E-state index in [4.69, 9.17) is 11.6 Å².